The van der Waals surface area contributed by atoms with E-state index < -0.39 is 60.5 Å². The number of nitrogens with one attached hydrogen (secondary N) is 2. The van der Waals surface area contributed by atoms with Crippen LogP contribution in [-0.2, 0) is 41.8 Å². The summed E-state index contributed by atoms with van der Waals surface area (Å²) in [5.41, 5.74) is 1.46. The molecule has 1 unspecified atom stereocenters. The lowest BCUT2D eigenvalue weighted by molar-refractivity contribution is -0.171. The van der Waals surface area contributed by atoms with Crippen molar-refractivity contribution in [3.63, 3.8) is 0 Å². The predicted molar refractivity (Wildman–Crippen MR) is 149 cm³/mol. The van der Waals surface area contributed by atoms with E-state index in [1.54, 1.807) is 48.5 Å². The summed E-state index contributed by atoms with van der Waals surface area (Å²) in [5.74, 6) is -1.41. The zero-order valence-corrected chi connectivity index (χ0v) is 23.3. The van der Waals surface area contributed by atoms with Gasteiger partial charge in [0.05, 0.1) is 63.9 Å². The number of hydrogen-bond donors (Lipinski definition) is 6. The van der Waals surface area contributed by atoms with Gasteiger partial charge in [0.25, 0.3) is 11.8 Å². The van der Waals surface area contributed by atoms with Crippen LogP contribution in [0.15, 0.2) is 60.7 Å². The highest BCUT2D eigenvalue weighted by Crippen LogP contribution is 2.19. The molecule has 2 heterocycles. The number of aliphatic hydroxyl groups excluding tert-OH is 4. The Labute approximate surface area is 244 Å². The second-order valence-corrected chi connectivity index (χ2v) is 10.6. The maximum absolute atomic E-state index is 13.4. The van der Waals surface area contributed by atoms with Crippen LogP contribution in [0.3, 0.4) is 0 Å². The summed E-state index contributed by atoms with van der Waals surface area (Å²) in [5, 5.41) is 46.9. The maximum atomic E-state index is 13.4. The molecule has 2 aromatic rings. The predicted octanol–water partition coefficient (Wildman–Crippen LogP) is -0.589. The molecule has 2 aromatic carbocycles. The molecule has 0 radical (unpaired) electrons. The van der Waals surface area contributed by atoms with E-state index in [0.717, 1.165) is 11.1 Å². The molecule has 0 aliphatic carbocycles. The number of hydrogen-bond acceptors (Lipinski definition) is 10. The van der Waals surface area contributed by atoms with Crippen LogP contribution in [0.5, 0.6) is 0 Å². The molecule has 4 rings (SSSR count). The highest BCUT2D eigenvalue weighted by Gasteiger charge is 2.42. The van der Waals surface area contributed by atoms with Gasteiger partial charge in [0.15, 0.2) is 12.2 Å². The summed E-state index contributed by atoms with van der Waals surface area (Å²) in [6.07, 6.45) is -6.96. The molecule has 0 saturated carbocycles. The Kier molecular flexibility index (Phi) is 12.2. The first kappa shape index (κ1) is 32.0. The Morgan fingerprint density at radius 3 is 1.43 bits per heavy atom. The standard InChI is InChI=1S/C30H40N2O10/c33-13-23-11-21(17-39-23)31-29(37)27(41-15-19-7-3-1-4-8-19)25(35)26(36)28(42-16-20-9-5-2-6-10-20)30(38)32-22-12-24(14-34)40-18-22/h1-10,21-28,33-36H,11-18H2,(H,31,37)(H,32,38)/t21-,22?,23-,24-,25+,26+,27+,28+/m0/s1. The third-order valence-corrected chi connectivity index (χ3v) is 7.29. The van der Waals surface area contributed by atoms with Gasteiger partial charge in [-0.25, -0.2) is 0 Å². The van der Waals surface area contributed by atoms with E-state index in [2.05, 4.69) is 10.6 Å². The lowest BCUT2D eigenvalue weighted by Gasteiger charge is -2.31. The summed E-state index contributed by atoms with van der Waals surface area (Å²) in [6, 6.07) is 17.2. The van der Waals surface area contributed by atoms with E-state index in [-0.39, 0.29) is 39.6 Å². The maximum Gasteiger partial charge on any atom is 0.252 e. The van der Waals surface area contributed by atoms with Crippen LogP contribution in [0.1, 0.15) is 24.0 Å². The van der Waals surface area contributed by atoms with Crippen LogP contribution in [0.2, 0.25) is 0 Å². The van der Waals surface area contributed by atoms with Gasteiger partial charge in [-0.1, -0.05) is 60.7 Å². The third kappa shape index (κ3) is 9.03. The highest BCUT2D eigenvalue weighted by molar-refractivity contribution is 5.84. The quantitative estimate of drug-likeness (QED) is 0.158. The topological polar surface area (TPSA) is 176 Å². The van der Waals surface area contributed by atoms with Gasteiger partial charge < -0.3 is 50.0 Å². The third-order valence-electron chi connectivity index (χ3n) is 7.29. The van der Waals surface area contributed by atoms with E-state index >= 15 is 0 Å². The molecule has 2 saturated heterocycles. The molecule has 0 aromatic heterocycles. The fourth-order valence-electron chi connectivity index (χ4n) is 4.97. The highest BCUT2D eigenvalue weighted by atomic mass is 16.5. The van der Waals surface area contributed by atoms with Crippen LogP contribution >= 0.6 is 0 Å². The molecular formula is C30H40N2O10. The summed E-state index contributed by atoms with van der Waals surface area (Å²) < 4.78 is 22.6. The smallest absolute Gasteiger partial charge is 0.252 e. The molecule has 8 atom stereocenters. The van der Waals surface area contributed by atoms with E-state index in [0.29, 0.717) is 12.8 Å². The van der Waals surface area contributed by atoms with E-state index in [1.165, 1.54) is 0 Å². The van der Waals surface area contributed by atoms with Gasteiger partial charge in [-0.15, -0.1) is 0 Å². The zero-order chi connectivity index (χ0) is 29.9. The van der Waals surface area contributed by atoms with Crippen molar-refractivity contribution in [1.82, 2.24) is 10.6 Å². The molecule has 2 aliphatic heterocycles. The first-order valence-corrected chi connectivity index (χ1v) is 14.1. The minimum absolute atomic E-state index is 0.0488. The van der Waals surface area contributed by atoms with Crippen molar-refractivity contribution in [3.8, 4) is 0 Å². The Balaban J connectivity index is 1.50. The molecule has 2 amide bonds. The summed E-state index contributed by atoms with van der Waals surface area (Å²) >= 11 is 0. The van der Waals surface area contributed by atoms with Crippen LogP contribution in [0.25, 0.3) is 0 Å². The molecule has 0 bridgehead atoms. The van der Waals surface area contributed by atoms with E-state index in [9.17, 15) is 30.0 Å². The summed E-state index contributed by atoms with van der Waals surface area (Å²) in [7, 11) is 0. The average molecular weight is 589 g/mol. The molecule has 2 aliphatic rings. The van der Waals surface area contributed by atoms with Gasteiger partial charge in [-0.2, -0.15) is 0 Å². The molecule has 230 valence electrons. The first-order chi connectivity index (χ1) is 20.4. The van der Waals surface area contributed by atoms with E-state index in [1.807, 2.05) is 12.1 Å². The fraction of sp³-hybridized carbons (Fsp3) is 0.533. The lowest BCUT2D eigenvalue weighted by atomic mass is 10.00. The monoisotopic (exact) mass is 588 g/mol. The average Bonchev–Trinajstić information content (AvgIpc) is 3.67. The Morgan fingerprint density at radius 2 is 1.10 bits per heavy atom. The largest absolute Gasteiger partial charge is 0.394 e. The van der Waals surface area contributed by atoms with Crippen molar-refractivity contribution in [2.24, 2.45) is 0 Å². The number of amides is 2. The second-order valence-electron chi connectivity index (χ2n) is 10.6. The van der Waals surface area contributed by atoms with Crippen molar-refractivity contribution >= 4 is 11.8 Å². The molecule has 12 nitrogen and oxygen atoms in total. The lowest BCUT2D eigenvalue weighted by Crippen LogP contribution is -2.57. The van der Waals surface area contributed by atoms with Crippen LogP contribution in [0.4, 0.5) is 0 Å². The van der Waals surface area contributed by atoms with Crippen molar-refractivity contribution in [2.45, 2.75) is 74.8 Å². The Bertz CT molecular complexity index is 1020. The summed E-state index contributed by atoms with van der Waals surface area (Å²) in [4.78, 5) is 26.7. The molecule has 42 heavy (non-hydrogen) atoms. The summed E-state index contributed by atoms with van der Waals surface area (Å²) in [6.45, 7) is -0.140. The fourth-order valence-corrected chi connectivity index (χ4v) is 4.97. The molecule has 0 spiro atoms. The van der Waals surface area contributed by atoms with Gasteiger partial charge in [-0.3, -0.25) is 9.59 Å². The molecule has 2 fully saturated rings. The number of aliphatic hydroxyl groups is 4. The van der Waals surface area contributed by atoms with Gasteiger partial charge in [-0.05, 0) is 24.0 Å². The Hall–Kier alpha value is -2.94. The minimum atomic E-state index is -1.86. The number of benzene rings is 2. The normalized spacial score (nSPS) is 25.0. The molecule has 12 heteroatoms. The van der Waals surface area contributed by atoms with Crippen molar-refractivity contribution in [1.29, 1.82) is 0 Å². The van der Waals surface area contributed by atoms with Gasteiger partial charge >= 0.3 is 0 Å². The molecular weight excluding hydrogens is 548 g/mol. The van der Waals surface area contributed by atoms with Crippen molar-refractivity contribution in [2.75, 3.05) is 26.4 Å². The zero-order valence-electron chi connectivity index (χ0n) is 23.3. The van der Waals surface area contributed by atoms with Gasteiger partial charge in [0, 0.05) is 0 Å². The minimum Gasteiger partial charge on any atom is -0.394 e. The Morgan fingerprint density at radius 1 is 0.714 bits per heavy atom. The van der Waals surface area contributed by atoms with Gasteiger partial charge in [0.2, 0.25) is 0 Å². The number of carbonyl (C=O) groups is 2. The van der Waals surface area contributed by atoms with Crippen molar-refractivity contribution in [3.05, 3.63) is 71.8 Å². The number of rotatable bonds is 15. The number of carbonyl (C=O) groups excluding carboxylic acids is 2. The first-order valence-electron chi connectivity index (χ1n) is 14.1. The van der Waals surface area contributed by atoms with Gasteiger partial charge in [0.1, 0.15) is 12.2 Å². The SMILES string of the molecule is O=C(NC1CO[C@H](CO)C1)[C@H](OCc1ccccc1)[C@H](O)[C@@H](O)[C@@H](OCc1ccccc1)C(=O)N[C@@H]1CO[C@H](CO)C1. The van der Waals surface area contributed by atoms with E-state index in [4.69, 9.17) is 18.9 Å². The van der Waals surface area contributed by atoms with Crippen molar-refractivity contribution < 1.29 is 49.0 Å². The van der Waals surface area contributed by atoms with Crippen LogP contribution < -0.4 is 10.6 Å². The van der Waals surface area contributed by atoms with Crippen LogP contribution in [-0.4, -0.2) is 107 Å². The number of ether oxygens (including phenoxy) is 4. The molecule has 6 N–H and O–H groups in total. The second kappa shape index (κ2) is 16.1. The van der Waals surface area contributed by atoms with Crippen LogP contribution in [0, 0.1) is 0 Å².